The molecule has 0 spiro atoms. The van der Waals surface area contributed by atoms with E-state index >= 15 is 0 Å². The molecule has 160 valence electrons. The quantitative estimate of drug-likeness (QED) is 0.438. The van der Waals surface area contributed by atoms with Gasteiger partial charge in [-0.2, -0.15) is 0 Å². The number of ketones is 1. The van der Waals surface area contributed by atoms with Gasteiger partial charge >= 0.3 is 5.95 Å². The lowest BCUT2D eigenvalue weighted by atomic mass is 10.1. The molecule has 1 aliphatic rings. The van der Waals surface area contributed by atoms with Gasteiger partial charge in [0, 0.05) is 17.1 Å². The molecule has 4 rings (SSSR count). The van der Waals surface area contributed by atoms with E-state index in [-0.39, 0.29) is 24.7 Å². The molecule has 0 saturated carbocycles. The van der Waals surface area contributed by atoms with Gasteiger partial charge < -0.3 is 17.3 Å². The Labute approximate surface area is 192 Å². The van der Waals surface area contributed by atoms with E-state index in [1.807, 2.05) is 22.8 Å². The fourth-order valence-corrected chi connectivity index (χ4v) is 4.60. The average Bonchev–Trinajstić information content (AvgIpc) is 2.98. The number of aromatic nitrogens is 2. The van der Waals surface area contributed by atoms with Gasteiger partial charge in [0.15, 0.2) is 5.78 Å². The Morgan fingerprint density at radius 1 is 1.03 bits per heavy atom. The molecular formula is C22H25Cl3N4O. The van der Waals surface area contributed by atoms with Crippen molar-refractivity contribution in [1.82, 2.24) is 9.47 Å². The van der Waals surface area contributed by atoms with E-state index < -0.39 is 0 Å². The second kappa shape index (κ2) is 10.0. The number of imidazole rings is 1. The summed E-state index contributed by atoms with van der Waals surface area (Å²) in [5.74, 6) is 0.490. The second-order valence-electron chi connectivity index (χ2n) is 7.53. The number of para-hydroxylation sites is 2. The average molecular weight is 468 g/mol. The van der Waals surface area contributed by atoms with Crippen molar-refractivity contribution in [2.45, 2.75) is 32.4 Å². The molecule has 1 aliphatic heterocycles. The number of hydrogen-bond acceptors (Lipinski definition) is 3. The zero-order chi connectivity index (χ0) is 20.4. The number of rotatable bonds is 6. The third kappa shape index (κ3) is 4.75. The Morgan fingerprint density at radius 2 is 1.77 bits per heavy atom. The standard InChI is InChI=1S/C22H24Cl2N4O.ClH/c23-16-8-9-17(18(24)14-16)21(29)15-28-20-7-3-2-6-19(20)27(22(28)25)13-12-26-10-4-1-5-11-26;/h2-3,6-9,14,25H,1,4-5,10-13,15H2;1H. The van der Waals surface area contributed by atoms with Crippen LogP contribution in [0.1, 0.15) is 29.6 Å². The van der Waals surface area contributed by atoms with Gasteiger partial charge in [0.2, 0.25) is 0 Å². The Kier molecular flexibility index (Phi) is 7.64. The van der Waals surface area contributed by atoms with Crippen molar-refractivity contribution in [3.05, 3.63) is 58.1 Å². The molecular weight excluding hydrogens is 443 g/mol. The van der Waals surface area contributed by atoms with E-state index in [0.717, 1.165) is 37.2 Å². The smallest absolute Gasteiger partial charge is 0.356 e. The number of anilines is 1. The highest BCUT2D eigenvalue weighted by Gasteiger charge is 2.24. The van der Waals surface area contributed by atoms with Gasteiger partial charge in [-0.25, -0.2) is 9.13 Å². The first-order chi connectivity index (χ1) is 14.0. The number of carbonyl (C=O) groups excluding carboxylic acids is 1. The van der Waals surface area contributed by atoms with Crippen molar-refractivity contribution in [2.75, 3.05) is 25.4 Å². The first-order valence-corrected chi connectivity index (χ1v) is 10.8. The van der Waals surface area contributed by atoms with Gasteiger partial charge in [0.25, 0.3) is 0 Å². The second-order valence-corrected chi connectivity index (χ2v) is 8.38. The third-order valence-electron chi connectivity index (χ3n) is 5.64. The van der Waals surface area contributed by atoms with Gasteiger partial charge in [-0.1, -0.05) is 41.8 Å². The number of piperidine rings is 1. The summed E-state index contributed by atoms with van der Waals surface area (Å²) in [7, 11) is 0. The van der Waals surface area contributed by atoms with Crippen LogP contribution in [0.2, 0.25) is 10.0 Å². The maximum absolute atomic E-state index is 12.9. The summed E-state index contributed by atoms with van der Waals surface area (Å²) in [4.78, 5) is 15.4. The zero-order valence-corrected chi connectivity index (χ0v) is 18.9. The number of halogens is 3. The predicted octanol–water partition coefficient (Wildman–Crippen LogP) is 1.19. The van der Waals surface area contributed by atoms with Gasteiger partial charge in [-0.3, -0.25) is 10.5 Å². The molecule has 0 bridgehead atoms. The Bertz CT molecular complexity index is 1040. The van der Waals surface area contributed by atoms with Crippen molar-refractivity contribution >= 4 is 46.0 Å². The first-order valence-electron chi connectivity index (χ1n) is 10.0. The maximum atomic E-state index is 12.9. The molecule has 3 aromatic rings. The molecule has 1 saturated heterocycles. The van der Waals surface area contributed by atoms with Crippen LogP contribution in [-0.2, 0) is 13.1 Å². The van der Waals surface area contributed by atoms with E-state index in [1.165, 1.54) is 19.3 Å². The van der Waals surface area contributed by atoms with E-state index in [2.05, 4.69) is 15.5 Å². The summed E-state index contributed by atoms with van der Waals surface area (Å²) in [6.45, 7) is 4.18. The Morgan fingerprint density at radius 3 is 2.50 bits per heavy atom. The van der Waals surface area contributed by atoms with Crippen LogP contribution in [0, 0.1) is 0 Å². The lowest BCUT2D eigenvalue weighted by Crippen LogP contribution is -3.00. The molecule has 0 aliphatic carbocycles. The van der Waals surface area contributed by atoms with Crippen molar-refractivity contribution in [3.63, 3.8) is 0 Å². The number of Topliss-reactive ketones (excluding diaryl/α,β-unsaturated/α-hetero) is 1. The SMILES string of the molecule is Nc1n(CCN2CCCCC2)c2ccccc2[n+]1CC(=O)c1ccc(Cl)cc1Cl.[Cl-]. The van der Waals surface area contributed by atoms with Gasteiger partial charge in [-0.15, -0.1) is 0 Å². The molecule has 2 N–H and O–H groups in total. The lowest BCUT2D eigenvalue weighted by Gasteiger charge is -2.25. The van der Waals surface area contributed by atoms with E-state index in [0.29, 0.717) is 21.6 Å². The minimum absolute atomic E-state index is 0. The summed E-state index contributed by atoms with van der Waals surface area (Å²) >= 11 is 12.2. The highest BCUT2D eigenvalue weighted by molar-refractivity contribution is 6.36. The number of likely N-dealkylation sites (tertiary alicyclic amines) is 1. The number of benzene rings is 2. The molecule has 2 heterocycles. The molecule has 5 nitrogen and oxygen atoms in total. The van der Waals surface area contributed by atoms with Crippen LogP contribution >= 0.6 is 23.2 Å². The number of hydrogen-bond donors (Lipinski definition) is 1. The molecule has 8 heteroatoms. The van der Waals surface area contributed by atoms with Crippen LogP contribution in [-0.4, -0.2) is 34.9 Å². The highest BCUT2D eigenvalue weighted by Crippen LogP contribution is 2.22. The zero-order valence-electron chi connectivity index (χ0n) is 16.7. The van der Waals surface area contributed by atoms with E-state index in [9.17, 15) is 4.79 Å². The first kappa shape index (κ1) is 22.9. The van der Waals surface area contributed by atoms with Crippen LogP contribution in [0.15, 0.2) is 42.5 Å². The van der Waals surface area contributed by atoms with Crippen LogP contribution < -0.4 is 22.7 Å². The van der Waals surface area contributed by atoms with Gasteiger partial charge in [0.1, 0.15) is 17.6 Å². The van der Waals surface area contributed by atoms with Crippen LogP contribution in [0.4, 0.5) is 5.95 Å². The molecule has 1 aromatic heterocycles. The molecule has 1 fully saturated rings. The summed E-state index contributed by atoms with van der Waals surface area (Å²) in [6, 6.07) is 13.0. The summed E-state index contributed by atoms with van der Waals surface area (Å²) < 4.78 is 3.99. The minimum atomic E-state index is -0.0951. The Balaban J connectivity index is 0.00000256. The van der Waals surface area contributed by atoms with Crippen molar-refractivity contribution in [1.29, 1.82) is 0 Å². The number of carbonyl (C=O) groups is 1. The van der Waals surface area contributed by atoms with Gasteiger partial charge in [0.05, 0.1) is 11.6 Å². The monoisotopic (exact) mass is 466 g/mol. The largest absolute Gasteiger partial charge is 1.00 e. The van der Waals surface area contributed by atoms with Crippen LogP contribution in [0.5, 0.6) is 0 Å². The maximum Gasteiger partial charge on any atom is 0.356 e. The molecule has 2 aromatic carbocycles. The fraction of sp³-hybridized carbons (Fsp3) is 0.364. The topological polar surface area (TPSA) is 55.1 Å². The van der Waals surface area contributed by atoms with Crippen molar-refractivity contribution in [3.8, 4) is 0 Å². The molecule has 30 heavy (non-hydrogen) atoms. The number of nitrogens with two attached hydrogens (primary N) is 1. The number of nitrogens with zero attached hydrogens (tertiary/aromatic N) is 3. The lowest BCUT2D eigenvalue weighted by molar-refractivity contribution is -0.642. The highest BCUT2D eigenvalue weighted by atomic mass is 35.5. The molecule has 0 atom stereocenters. The minimum Gasteiger partial charge on any atom is -1.00 e. The van der Waals surface area contributed by atoms with Crippen molar-refractivity contribution < 1.29 is 21.8 Å². The molecule has 0 unspecified atom stereocenters. The molecule has 0 radical (unpaired) electrons. The van der Waals surface area contributed by atoms with E-state index in [1.54, 1.807) is 18.2 Å². The van der Waals surface area contributed by atoms with Crippen molar-refractivity contribution in [2.24, 2.45) is 0 Å². The third-order valence-corrected chi connectivity index (χ3v) is 6.19. The predicted molar refractivity (Wildman–Crippen MR) is 118 cm³/mol. The van der Waals surface area contributed by atoms with Gasteiger partial charge in [-0.05, 0) is 56.3 Å². The fourth-order valence-electron chi connectivity index (χ4n) is 4.08. The normalized spacial score (nSPS) is 14.6. The number of fused-ring (bicyclic) bond motifs is 1. The Hall–Kier alpha value is -1.79. The summed E-state index contributed by atoms with van der Waals surface area (Å²) in [6.07, 6.45) is 3.84. The summed E-state index contributed by atoms with van der Waals surface area (Å²) in [5.41, 5.74) is 8.96. The summed E-state index contributed by atoms with van der Waals surface area (Å²) in [5, 5.41) is 0.864. The van der Waals surface area contributed by atoms with E-state index in [4.69, 9.17) is 28.9 Å². The van der Waals surface area contributed by atoms with Crippen LogP contribution in [0.3, 0.4) is 0 Å². The molecule has 0 amide bonds. The van der Waals surface area contributed by atoms with Crippen LogP contribution in [0.25, 0.3) is 11.0 Å². The number of nitrogen functional groups attached to an aromatic ring is 1.